The number of guanidine groups is 1. The van der Waals surface area contributed by atoms with E-state index in [4.69, 9.17) is 9.73 Å². The number of aromatic nitrogens is 2. The second kappa shape index (κ2) is 12.9. The Hall–Kier alpha value is -1.39. The van der Waals surface area contributed by atoms with E-state index in [1.165, 1.54) is 5.52 Å². The van der Waals surface area contributed by atoms with Gasteiger partial charge in [-0.25, -0.2) is 4.98 Å². The molecule has 0 aliphatic carbocycles. The Morgan fingerprint density at radius 1 is 1.14 bits per heavy atom. The van der Waals surface area contributed by atoms with Crippen LogP contribution in [0.2, 0.25) is 0 Å². The van der Waals surface area contributed by atoms with E-state index in [0.29, 0.717) is 0 Å². The Balaban J connectivity index is 0.00000280. The third-order valence-corrected chi connectivity index (χ3v) is 4.75. The molecule has 1 aromatic heterocycles. The van der Waals surface area contributed by atoms with Crippen LogP contribution in [0.15, 0.2) is 35.6 Å². The van der Waals surface area contributed by atoms with Gasteiger partial charge in [0.2, 0.25) is 0 Å². The highest BCUT2D eigenvalue weighted by Crippen LogP contribution is 2.11. The topological polar surface area (TPSA) is 66.7 Å². The molecular formula is C20H33IN6O. The molecule has 0 bridgehead atoms. The Labute approximate surface area is 185 Å². The summed E-state index contributed by atoms with van der Waals surface area (Å²) in [6, 6.07) is 8.25. The van der Waals surface area contributed by atoms with Crippen LogP contribution >= 0.6 is 24.0 Å². The van der Waals surface area contributed by atoms with Gasteiger partial charge in [-0.05, 0) is 38.4 Å². The zero-order chi connectivity index (χ0) is 18.7. The first-order chi connectivity index (χ1) is 13.4. The Kier molecular flexibility index (Phi) is 10.6. The summed E-state index contributed by atoms with van der Waals surface area (Å²) in [7, 11) is 0. The molecule has 2 aromatic rings. The van der Waals surface area contributed by atoms with Crippen molar-refractivity contribution in [2.75, 3.05) is 52.5 Å². The lowest BCUT2D eigenvalue weighted by atomic mass is 10.3. The van der Waals surface area contributed by atoms with Gasteiger partial charge in [0.15, 0.2) is 5.96 Å². The van der Waals surface area contributed by atoms with Gasteiger partial charge in [-0.1, -0.05) is 12.1 Å². The molecule has 0 radical (unpaired) electrons. The van der Waals surface area contributed by atoms with E-state index in [1.807, 2.05) is 18.5 Å². The van der Waals surface area contributed by atoms with Crippen molar-refractivity contribution >= 4 is 41.0 Å². The first kappa shape index (κ1) is 22.9. The van der Waals surface area contributed by atoms with Crippen LogP contribution in [0.3, 0.4) is 0 Å². The van der Waals surface area contributed by atoms with Crippen LogP contribution in [0.25, 0.3) is 11.0 Å². The molecule has 1 aromatic carbocycles. The molecule has 1 aliphatic rings. The number of nitrogens with zero attached hydrogens (tertiary/aromatic N) is 4. The average Bonchev–Trinajstić information content (AvgIpc) is 3.12. The van der Waals surface area contributed by atoms with Crippen molar-refractivity contribution in [3.8, 4) is 0 Å². The molecule has 0 atom stereocenters. The number of nitrogens with one attached hydrogen (secondary N) is 2. The van der Waals surface area contributed by atoms with E-state index in [0.717, 1.165) is 83.3 Å². The van der Waals surface area contributed by atoms with E-state index < -0.39 is 0 Å². The lowest BCUT2D eigenvalue weighted by Crippen LogP contribution is -2.40. The molecule has 8 heteroatoms. The Morgan fingerprint density at radius 3 is 2.79 bits per heavy atom. The summed E-state index contributed by atoms with van der Waals surface area (Å²) in [5, 5.41) is 6.78. The zero-order valence-electron chi connectivity index (χ0n) is 16.8. The maximum atomic E-state index is 5.39. The summed E-state index contributed by atoms with van der Waals surface area (Å²) < 4.78 is 7.59. The summed E-state index contributed by atoms with van der Waals surface area (Å²) in [6.07, 6.45) is 4.03. The summed E-state index contributed by atoms with van der Waals surface area (Å²) >= 11 is 0. The molecule has 0 amide bonds. The third-order valence-electron chi connectivity index (χ3n) is 4.75. The van der Waals surface area contributed by atoms with Crippen molar-refractivity contribution in [3.63, 3.8) is 0 Å². The molecular weight excluding hydrogens is 467 g/mol. The minimum atomic E-state index is 0. The smallest absolute Gasteiger partial charge is 0.191 e. The standard InChI is InChI=1S/C20H32N6O.HI/c1-2-21-20(22-9-5-11-25-13-15-27-16-14-25)23-10-6-12-26-17-24-18-7-3-4-8-19(18)26;/h3-4,7-8,17H,2,5-6,9-16H2,1H3,(H2,21,22,23);1H. The maximum absolute atomic E-state index is 5.39. The van der Waals surface area contributed by atoms with Crippen molar-refractivity contribution in [1.29, 1.82) is 0 Å². The number of aryl methyl sites for hydroxylation is 1. The number of benzene rings is 1. The van der Waals surface area contributed by atoms with Gasteiger partial charge in [-0.15, -0.1) is 24.0 Å². The molecule has 28 heavy (non-hydrogen) atoms. The van der Waals surface area contributed by atoms with Gasteiger partial charge in [0.05, 0.1) is 30.6 Å². The minimum Gasteiger partial charge on any atom is -0.379 e. The number of ether oxygens (including phenoxy) is 1. The summed E-state index contributed by atoms with van der Waals surface area (Å²) in [5.41, 5.74) is 2.24. The minimum absolute atomic E-state index is 0. The molecule has 2 N–H and O–H groups in total. The molecule has 0 unspecified atom stereocenters. The molecule has 2 heterocycles. The molecule has 3 rings (SSSR count). The van der Waals surface area contributed by atoms with Crippen molar-refractivity contribution in [2.24, 2.45) is 4.99 Å². The highest BCUT2D eigenvalue weighted by molar-refractivity contribution is 14.0. The van der Waals surface area contributed by atoms with Crippen LogP contribution in [0.1, 0.15) is 19.8 Å². The van der Waals surface area contributed by atoms with Gasteiger partial charge in [0.1, 0.15) is 0 Å². The van der Waals surface area contributed by atoms with Gasteiger partial charge in [-0.3, -0.25) is 9.89 Å². The van der Waals surface area contributed by atoms with Crippen LogP contribution in [0.5, 0.6) is 0 Å². The SMILES string of the molecule is CCNC(=NCCCn1cnc2ccccc21)NCCCN1CCOCC1.I. The number of aliphatic imine (C=N–C) groups is 1. The zero-order valence-corrected chi connectivity index (χ0v) is 19.1. The van der Waals surface area contributed by atoms with Crippen molar-refractivity contribution in [3.05, 3.63) is 30.6 Å². The van der Waals surface area contributed by atoms with Crippen molar-refractivity contribution < 1.29 is 4.74 Å². The van der Waals surface area contributed by atoms with Gasteiger partial charge >= 0.3 is 0 Å². The van der Waals surface area contributed by atoms with Gasteiger partial charge in [-0.2, -0.15) is 0 Å². The number of morpholine rings is 1. The normalized spacial score (nSPS) is 15.4. The van der Waals surface area contributed by atoms with Gasteiger partial charge in [0.25, 0.3) is 0 Å². The van der Waals surface area contributed by atoms with E-state index >= 15 is 0 Å². The lowest BCUT2D eigenvalue weighted by molar-refractivity contribution is 0.0376. The van der Waals surface area contributed by atoms with Crippen LogP contribution < -0.4 is 10.6 Å². The van der Waals surface area contributed by atoms with Crippen LogP contribution in [-0.2, 0) is 11.3 Å². The molecule has 0 spiro atoms. The summed E-state index contributed by atoms with van der Waals surface area (Å²) in [4.78, 5) is 11.6. The molecule has 1 aliphatic heterocycles. The predicted molar refractivity (Wildman–Crippen MR) is 126 cm³/mol. The third kappa shape index (κ3) is 7.21. The molecule has 0 saturated carbocycles. The molecule has 156 valence electrons. The largest absolute Gasteiger partial charge is 0.379 e. The summed E-state index contributed by atoms with van der Waals surface area (Å²) in [5.74, 6) is 0.912. The highest BCUT2D eigenvalue weighted by atomic mass is 127. The predicted octanol–water partition coefficient (Wildman–Crippen LogP) is 2.32. The second-order valence-electron chi connectivity index (χ2n) is 6.78. The number of fused-ring (bicyclic) bond motifs is 1. The van der Waals surface area contributed by atoms with E-state index in [9.17, 15) is 0 Å². The first-order valence-corrected chi connectivity index (χ1v) is 10.1. The fourth-order valence-corrected chi connectivity index (χ4v) is 3.30. The number of halogens is 1. The molecule has 1 saturated heterocycles. The fraction of sp³-hybridized carbons (Fsp3) is 0.600. The number of hydrogen-bond donors (Lipinski definition) is 2. The van der Waals surface area contributed by atoms with Gasteiger partial charge in [0, 0.05) is 39.3 Å². The monoisotopic (exact) mass is 500 g/mol. The number of hydrogen-bond acceptors (Lipinski definition) is 4. The summed E-state index contributed by atoms with van der Waals surface area (Å²) in [6.45, 7) is 10.6. The van der Waals surface area contributed by atoms with E-state index in [2.05, 4.69) is 44.1 Å². The Bertz CT molecular complexity index is 714. The fourth-order valence-electron chi connectivity index (χ4n) is 3.30. The second-order valence-corrected chi connectivity index (χ2v) is 6.78. The van der Waals surface area contributed by atoms with E-state index in [1.54, 1.807) is 0 Å². The first-order valence-electron chi connectivity index (χ1n) is 10.1. The maximum Gasteiger partial charge on any atom is 0.191 e. The lowest BCUT2D eigenvalue weighted by Gasteiger charge is -2.26. The van der Waals surface area contributed by atoms with Crippen LogP contribution in [0, 0.1) is 0 Å². The quantitative estimate of drug-likeness (QED) is 0.240. The average molecular weight is 500 g/mol. The van der Waals surface area contributed by atoms with Crippen molar-refractivity contribution in [1.82, 2.24) is 25.1 Å². The van der Waals surface area contributed by atoms with Crippen molar-refractivity contribution in [2.45, 2.75) is 26.3 Å². The van der Waals surface area contributed by atoms with E-state index in [-0.39, 0.29) is 24.0 Å². The molecule has 1 fully saturated rings. The number of imidazole rings is 1. The van der Waals surface area contributed by atoms with Crippen LogP contribution in [-0.4, -0.2) is 72.9 Å². The highest BCUT2D eigenvalue weighted by Gasteiger charge is 2.09. The number of para-hydroxylation sites is 2. The van der Waals surface area contributed by atoms with Crippen LogP contribution in [0.4, 0.5) is 0 Å². The molecule has 7 nitrogen and oxygen atoms in total. The van der Waals surface area contributed by atoms with Gasteiger partial charge < -0.3 is 19.9 Å². The Morgan fingerprint density at radius 2 is 1.96 bits per heavy atom. The number of rotatable bonds is 9.